The van der Waals surface area contributed by atoms with Gasteiger partial charge in [0, 0.05) is 36.6 Å². The van der Waals surface area contributed by atoms with Crippen LogP contribution < -0.4 is 15.8 Å². The highest BCUT2D eigenvalue weighted by Gasteiger charge is 2.33. The maximum atomic E-state index is 13.2. The second-order valence-electron chi connectivity index (χ2n) is 8.70. The van der Waals surface area contributed by atoms with Crippen molar-refractivity contribution in [3.05, 3.63) is 41.4 Å². The number of methoxy groups -OCH3 is 1. The van der Waals surface area contributed by atoms with Crippen molar-refractivity contribution in [2.75, 3.05) is 33.4 Å². The van der Waals surface area contributed by atoms with Crippen molar-refractivity contribution in [1.29, 1.82) is 0 Å². The van der Waals surface area contributed by atoms with Crippen LogP contribution >= 0.6 is 0 Å². The van der Waals surface area contributed by atoms with Crippen LogP contribution in [0, 0.1) is 0 Å². The molecule has 1 saturated heterocycles. The minimum Gasteiger partial charge on any atom is -0.494 e. The van der Waals surface area contributed by atoms with Crippen LogP contribution in [0.4, 0.5) is 17.6 Å². The zero-order valence-corrected chi connectivity index (χ0v) is 19.9. The molecule has 1 fully saturated rings. The number of nitrogens with two attached hydrogens (primary N) is 1. The lowest BCUT2D eigenvalue weighted by molar-refractivity contribution is -0.140. The van der Waals surface area contributed by atoms with Crippen molar-refractivity contribution >= 4 is 16.8 Å². The van der Waals surface area contributed by atoms with E-state index in [2.05, 4.69) is 15.3 Å². The Morgan fingerprint density at radius 3 is 2.58 bits per heavy atom. The summed E-state index contributed by atoms with van der Waals surface area (Å²) in [6.07, 6.45) is -3.30. The van der Waals surface area contributed by atoms with Crippen LogP contribution in [0.2, 0.25) is 0 Å². The molecule has 0 unspecified atom stereocenters. The maximum Gasteiger partial charge on any atom is 0.433 e. The number of amides is 1. The van der Waals surface area contributed by atoms with Crippen LogP contribution in [0.5, 0.6) is 5.75 Å². The van der Waals surface area contributed by atoms with E-state index in [4.69, 9.17) is 14.9 Å². The second kappa shape index (κ2) is 10.4. The largest absolute Gasteiger partial charge is 0.494 e. The highest BCUT2D eigenvalue weighted by Crippen LogP contribution is 2.37. The van der Waals surface area contributed by atoms with Crippen LogP contribution in [0.1, 0.15) is 47.7 Å². The van der Waals surface area contributed by atoms with Crippen molar-refractivity contribution in [2.24, 2.45) is 5.73 Å². The number of carbonyl (C=O) groups excluding carboxylic acids is 1. The molecule has 1 atom stereocenters. The van der Waals surface area contributed by atoms with Crippen molar-refractivity contribution in [3.8, 4) is 17.2 Å². The summed E-state index contributed by atoms with van der Waals surface area (Å²) in [4.78, 5) is 23.2. The minimum atomic E-state index is -4.63. The first-order chi connectivity index (χ1) is 17.1. The Kier molecular flexibility index (Phi) is 7.46. The molecule has 1 aromatic carbocycles. The van der Waals surface area contributed by atoms with Crippen LogP contribution in [-0.4, -0.2) is 60.2 Å². The third-order valence-corrected chi connectivity index (χ3v) is 6.17. The molecule has 0 bridgehead atoms. The molecule has 3 aromatic rings. The number of alkyl halides is 4. The number of hydrogen-bond acceptors (Lipinski definition) is 7. The molecule has 1 aliphatic heterocycles. The van der Waals surface area contributed by atoms with E-state index in [1.807, 2.05) is 4.90 Å². The molecule has 0 radical (unpaired) electrons. The van der Waals surface area contributed by atoms with E-state index in [1.165, 1.54) is 19.2 Å². The molecule has 0 spiro atoms. The SMILES string of the molecule is COc1ccc(-c2nc(C(=O)NC3CCN(CCF)CC3)c([C@H](C)N)o2)c2ccc(C(F)(F)F)nc12. The first-order valence-electron chi connectivity index (χ1n) is 11.5. The lowest BCUT2D eigenvalue weighted by atomic mass is 10.0. The number of hydrogen-bond donors (Lipinski definition) is 2. The predicted molar refractivity (Wildman–Crippen MR) is 124 cm³/mol. The summed E-state index contributed by atoms with van der Waals surface area (Å²) >= 11 is 0. The fraction of sp³-hybridized carbons (Fsp3) is 0.458. The number of carbonyl (C=O) groups is 1. The van der Waals surface area contributed by atoms with Gasteiger partial charge in [-0.2, -0.15) is 13.2 Å². The topological polar surface area (TPSA) is 107 Å². The molecule has 8 nitrogen and oxygen atoms in total. The van der Waals surface area contributed by atoms with Gasteiger partial charge in [-0.25, -0.2) is 14.4 Å². The standard InChI is InChI=1S/C24H27F4N5O3/c1-13(29)21-20(22(34)30-14-7-10-33(11-8-14)12-9-25)32-23(36-21)16-3-5-17(35-2)19-15(16)4-6-18(31-19)24(26,27)28/h3-6,13-14H,7-12,29H2,1-2H3,(H,30,34)/t13-/m0/s1. The maximum absolute atomic E-state index is 13.2. The van der Waals surface area contributed by atoms with Gasteiger partial charge in [0.2, 0.25) is 5.89 Å². The fourth-order valence-corrected chi connectivity index (χ4v) is 4.29. The number of pyridine rings is 1. The number of rotatable bonds is 7. The van der Waals surface area contributed by atoms with Gasteiger partial charge < -0.3 is 25.1 Å². The Morgan fingerprint density at radius 1 is 1.25 bits per heavy atom. The van der Waals surface area contributed by atoms with Crippen molar-refractivity contribution in [3.63, 3.8) is 0 Å². The van der Waals surface area contributed by atoms with Gasteiger partial charge in [-0.15, -0.1) is 0 Å². The normalized spacial score (nSPS) is 16.3. The number of nitrogens with zero attached hydrogens (tertiary/aromatic N) is 3. The van der Waals surface area contributed by atoms with Gasteiger partial charge in [-0.3, -0.25) is 4.79 Å². The van der Waals surface area contributed by atoms with E-state index in [0.29, 0.717) is 43.4 Å². The molecule has 36 heavy (non-hydrogen) atoms. The average Bonchev–Trinajstić information content (AvgIpc) is 3.30. The molecule has 0 aliphatic carbocycles. The van der Waals surface area contributed by atoms with Gasteiger partial charge in [-0.05, 0) is 44.0 Å². The van der Waals surface area contributed by atoms with Crippen LogP contribution in [0.3, 0.4) is 0 Å². The first kappa shape index (κ1) is 25.8. The molecule has 1 aliphatic rings. The smallest absolute Gasteiger partial charge is 0.433 e. The Hall–Kier alpha value is -3.25. The molecular formula is C24H27F4N5O3. The number of likely N-dealkylation sites (tertiary alicyclic amines) is 1. The van der Waals surface area contributed by atoms with Gasteiger partial charge in [-0.1, -0.05) is 0 Å². The average molecular weight is 510 g/mol. The van der Waals surface area contributed by atoms with Gasteiger partial charge in [0.05, 0.1) is 13.2 Å². The number of aromatic nitrogens is 2. The number of oxazole rings is 1. The van der Waals surface area contributed by atoms with Crippen LogP contribution in [0.15, 0.2) is 28.7 Å². The van der Waals surface area contributed by atoms with E-state index >= 15 is 0 Å². The van der Waals surface area contributed by atoms with E-state index in [1.54, 1.807) is 13.0 Å². The number of halogens is 4. The van der Waals surface area contributed by atoms with E-state index in [-0.39, 0.29) is 34.7 Å². The zero-order chi connectivity index (χ0) is 26.0. The third-order valence-electron chi connectivity index (χ3n) is 6.17. The number of fused-ring (bicyclic) bond motifs is 1. The Balaban J connectivity index is 1.67. The second-order valence-corrected chi connectivity index (χ2v) is 8.70. The lowest BCUT2D eigenvalue weighted by Gasteiger charge is -2.31. The highest BCUT2D eigenvalue weighted by molar-refractivity contribution is 5.98. The molecule has 1 amide bonds. The number of benzene rings is 1. The Morgan fingerprint density at radius 2 is 1.97 bits per heavy atom. The van der Waals surface area contributed by atoms with Gasteiger partial charge in [0.25, 0.3) is 5.91 Å². The van der Waals surface area contributed by atoms with Crippen LogP contribution in [0.25, 0.3) is 22.4 Å². The van der Waals surface area contributed by atoms with E-state index in [9.17, 15) is 22.4 Å². The zero-order valence-electron chi connectivity index (χ0n) is 19.9. The third kappa shape index (κ3) is 5.29. The van der Waals surface area contributed by atoms with Gasteiger partial charge in [0.15, 0.2) is 11.5 Å². The molecular weight excluding hydrogens is 482 g/mol. The minimum absolute atomic E-state index is 0.00928. The lowest BCUT2D eigenvalue weighted by Crippen LogP contribution is -2.45. The van der Waals surface area contributed by atoms with Gasteiger partial charge >= 0.3 is 6.18 Å². The van der Waals surface area contributed by atoms with Crippen molar-refractivity contribution in [1.82, 2.24) is 20.2 Å². The Bertz CT molecular complexity index is 1240. The molecule has 12 heteroatoms. The molecule has 3 N–H and O–H groups in total. The monoisotopic (exact) mass is 509 g/mol. The van der Waals surface area contributed by atoms with Crippen molar-refractivity contribution < 1.29 is 31.5 Å². The Labute approximate surface area is 204 Å². The summed E-state index contributed by atoms with van der Waals surface area (Å²) in [6, 6.07) is 4.40. The summed E-state index contributed by atoms with van der Waals surface area (Å²) in [6.45, 7) is 2.94. The van der Waals surface area contributed by atoms with Gasteiger partial charge in [0.1, 0.15) is 23.6 Å². The van der Waals surface area contributed by atoms with Crippen LogP contribution in [-0.2, 0) is 6.18 Å². The van der Waals surface area contributed by atoms with E-state index < -0.39 is 30.5 Å². The number of piperidine rings is 1. The molecule has 194 valence electrons. The summed E-state index contributed by atoms with van der Waals surface area (Å²) < 4.78 is 63.4. The summed E-state index contributed by atoms with van der Waals surface area (Å²) in [5, 5.41) is 3.25. The first-order valence-corrected chi connectivity index (χ1v) is 11.5. The molecule has 0 saturated carbocycles. The van der Waals surface area contributed by atoms with E-state index in [0.717, 1.165) is 6.07 Å². The molecule has 4 rings (SSSR count). The number of nitrogens with one attached hydrogen (secondary N) is 1. The molecule has 2 aromatic heterocycles. The number of ether oxygens (including phenoxy) is 1. The molecule has 3 heterocycles. The summed E-state index contributed by atoms with van der Waals surface area (Å²) in [5.41, 5.74) is 5.31. The van der Waals surface area contributed by atoms with Crippen molar-refractivity contribution in [2.45, 2.75) is 38.0 Å². The summed E-state index contributed by atoms with van der Waals surface area (Å²) in [5.74, 6) is -0.131. The highest BCUT2D eigenvalue weighted by atomic mass is 19.4. The fourth-order valence-electron chi connectivity index (χ4n) is 4.29. The predicted octanol–water partition coefficient (Wildman–Crippen LogP) is 4.10. The summed E-state index contributed by atoms with van der Waals surface area (Å²) in [7, 11) is 1.33. The quantitative estimate of drug-likeness (QED) is 0.462.